The molecule has 0 heterocycles. The van der Waals surface area contributed by atoms with E-state index in [2.05, 4.69) is 31.9 Å². The topological polar surface area (TPSA) is 44.8 Å². The average Bonchev–Trinajstić information content (AvgIpc) is 2.65. The Bertz CT molecular complexity index is 701. The summed E-state index contributed by atoms with van der Waals surface area (Å²) in [6, 6.07) is 12.7. The highest BCUT2D eigenvalue weighted by molar-refractivity contribution is 9.12. The Morgan fingerprint density at radius 3 is 2.04 bits per heavy atom. The van der Waals surface area contributed by atoms with Crippen molar-refractivity contribution in [1.82, 2.24) is 0 Å². The third-order valence-corrected chi connectivity index (χ3v) is 6.32. The third-order valence-electron chi connectivity index (χ3n) is 3.61. The Morgan fingerprint density at radius 1 is 0.875 bits per heavy atom. The van der Waals surface area contributed by atoms with Gasteiger partial charge in [-0.05, 0) is 35.9 Å². The molecule has 0 aliphatic heterocycles. The van der Waals surface area contributed by atoms with Gasteiger partial charge in [-0.2, -0.15) is 0 Å². The molecule has 0 saturated heterocycles. The fraction of sp³-hybridized carbons (Fsp3) is 0.278. The third kappa shape index (κ3) is 4.11. The van der Waals surface area contributed by atoms with Crippen molar-refractivity contribution in [2.24, 2.45) is 0 Å². The van der Waals surface area contributed by atoms with E-state index in [9.17, 15) is 4.79 Å². The van der Waals surface area contributed by atoms with Gasteiger partial charge < -0.3 is 14.2 Å². The van der Waals surface area contributed by atoms with Gasteiger partial charge in [-0.25, -0.2) is 0 Å². The molecule has 0 N–H and O–H groups in total. The smallest absolute Gasteiger partial charge is 0.178 e. The van der Waals surface area contributed by atoms with Crippen molar-refractivity contribution >= 4 is 37.6 Å². The molecule has 0 spiro atoms. The second kappa shape index (κ2) is 8.53. The monoisotopic (exact) mass is 456 g/mol. The average molecular weight is 458 g/mol. The van der Waals surface area contributed by atoms with Crippen molar-refractivity contribution in [2.45, 2.75) is 9.65 Å². The van der Waals surface area contributed by atoms with E-state index in [1.54, 1.807) is 39.5 Å². The number of Topliss-reactive ketones (excluding diaryl/α,β-unsaturated/α-hetero) is 1. The Hall–Kier alpha value is -1.53. The molecule has 128 valence electrons. The van der Waals surface area contributed by atoms with Crippen molar-refractivity contribution in [3.05, 3.63) is 53.6 Å². The highest BCUT2D eigenvalue weighted by Crippen LogP contribution is 2.35. The highest BCUT2D eigenvalue weighted by atomic mass is 79.9. The molecule has 24 heavy (non-hydrogen) atoms. The van der Waals surface area contributed by atoms with Gasteiger partial charge in [0, 0.05) is 5.56 Å². The van der Waals surface area contributed by atoms with Crippen LogP contribution in [0.4, 0.5) is 0 Å². The summed E-state index contributed by atoms with van der Waals surface area (Å²) < 4.78 is 15.6. The van der Waals surface area contributed by atoms with Crippen molar-refractivity contribution in [2.75, 3.05) is 21.3 Å². The predicted molar refractivity (Wildman–Crippen MR) is 101 cm³/mol. The van der Waals surface area contributed by atoms with Gasteiger partial charge in [0.1, 0.15) is 5.75 Å². The minimum Gasteiger partial charge on any atom is -0.497 e. The van der Waals surface area contributed by atoms with Crippen molar-refractivity contribution in [3.63, 3.8) is 0 Å². The van der Waals surface area contributed by atoms with E-state index in [0.29, 0.717) is 17.1 Å². The van der Waals surface area contributed by atoms with Crippen molar-refractivity contribution in [1.29, 1.82) is 0 Å². The molecule has 2 aromatic carbocycles. The van der Waals surface area contributed by atoms with E-state index in [1.807, 2.05) is 24.3 Å². The number of halogens is 2. The molecule has 0 aromatic heterocycles. The summed E-state index contributed by atoms with van der Waals surface area (Å²) >= 11 is 7.10. The number of ketones is 1. The van der Waals surface area contributed by atoms with Crippen LogP contribution in [0.15, 0.2) is 42.5 Å². The molecule has 0 unspecified atom stereocenters. The Morgan fingerprint density at radius 2 is 1.50 bits per heavy atom. The van der Waals surface area contributed by atoms with Crippen LogP contribution < -0.4 is 14.2 Å². The van der Waals surface area contributed by atoms with Crippen molar-refractivity contribution < 1.29 is 19.0 Å². The predicted octanol–water partition coefficient (Wildman–Crippen LogP) is 4.79. The zero-order chi connectivity index (χ0) is 17.7. The summed E-state index contributed by atoms with van der Waals surface area (Å²) in [6.45, 7) is 0. The van der Waals surface area contributed by atoms with Crippen LogP contribution in [0.25, 0.3) is 0 Å². The Kier molecular flexibility index (Phi) is 6.69. The lowest BCUT2D eigenvalue weighted by molar-refractivity contribution is 0.0990. The first-order valence-electron chi connectivity index (χ1n) is 7.20. The second-order valence-corrected chi connectivity index (χ2v) is 6.98. The van der Waals surface area contributed by atoms with E-state index in [1.165, 1.54) is 0 Å². The fourth-order valence-electron chi connectivity index (χ4n) is 2.24. The maximum absolute atomic E-state index is 12.8. The quantitative estimate of drug-likeness (QED) is 0.442. The van der Waals surface area contributed by atoms with Crippen LogP contribution in [0.3, 0.4) is 0 Å². The first-order chi connectivity index (χ1) is 11.5. The molecule has 0 fully saturated rings. The lowest BCUT2D eigenvalue weighted by Gasteiger charge is -2.17. The van der Waals surface area contributed by atoms with E-state index in [4.69, 9.17) is 14.2 Å². The Labute approximate surface area is 158 Å². The molecular formula is C18H18Br2O4. The zero-order valence-electron chi connectivity index (χ0n) is 13.6. The van der Waals surface area contributed by atoms with Crippen LogP contribution in [-0.4, -0.2) is 31.9 Å². The van der Waals surface area contributed by atoms with Gasteiger partial charge in [-0.3, -0.25) is 4.79 Å². The maximum atomic E-state index is 12.8. The van der Waals surface area contributed by atoms with Gasteiger partial charge in [0.25, 0.3) is 0 Å². The lowest BCUT2D eigenvalue weighted by Crippen LogP contribution is -2.19. The number of methoxy groups -OCH3 is 3. The summed E-state index contributed by atoms with van der Waals surface area (Å²) in [6.07, 6.45) is 0. The van der Waals surface area contributed by atoms with Gasteiger partial charge in [0.05, 0.1) is 31.0 Å². The summed E-state index contributed by atoms with van der Waals surface area (Å²) in [4.78, 5) is 12.1. The zero-order valence-corrected chi connectivity index (χ0v) is 16.8. The highest BCUT2D eigenvalue weighted by Gasteiger charge is 2.26. The number of hydrogen-bond donors (Lipinski definition) is 0. The summed E-state index contributed by atoms with van der Waals surface area (Å²) in [5.74, 6) is 1.84. The van der Waals surface area contributed by atoms with Crippen molar-refractivity contribution in [3.8, 4) is 17.2 Å². The number of ether oxygens (including phenoxy) is 3. The lowest BCUT2D eigenvalue weighted by atomic mass is 10.0. The van der Waals surface area contributed by atoms with Gasteiger partial charge in [-0.1, -0.05) is 44.0 Å². The largest absolute Gasteiger partial charge is 0.497 e. The summed E-state index contributed by atoms with van der Waals surface area (Å²) in [5.41, 5.74) is 1.53. The molecule has 2 aromatic rings. The van der Waals surface area contributed by atoms with Gasteiger partial charge >= 0.3 is 0 Å². The number of carbonyl (C=O) groups excluding carboxylic acids is 1. The van der Waals surface area contributed by atoms with E-state index in [0.717, 1.165) is 11.3 Å². The van der Waals surface area contributed by atoms with Gasteiger partial charge in [-0.15, -0.1) is 0 Å². The number of rotatable bonds is 7. The molecule has 0 amide bonds. The van der Waals surface area contributed by atoms with Crippen LogP contribution in [0.5, 0.6) is 17.2 Å². The number of benzene rings is 2. The molecule has 6 heteroatoms. The van der Waals surface area contributed by atoms with Crippen LogP contribution in [0, 0.1) is 0 Å². The molecule has 0 aliphatic carbocycles. The van der Waals surface area contributed by atoms with Gasteiger partial charge in [0.15, 0.2) is 17.3 Å². The van der Waals surface area contributed by atoms with E-state index >= 15 is 0 Å². The summed E-state index contributed by atoms with van der Waals surface area (Å²) in [5, 5.41) is 0. The molecule has 0 saturated carbocycles. The first-order valence-corrected chi connectivity index (χ1v) is 9.03. The molecule has 0 aliphatic rings. The fourth-order valence-corrected chi connectivity index (χ4v) is 3.35. The van der Waals surface area contributed by atoms with Crippen LogP contribution in [-0.2, 0) is 0 Å². The molecule has 0 radical (unpaired) electrons. The standard InChI is InChI=1S/C18H18Br2O4/c1-22-13-7-4-11(5-8-13)16(19)17(20)18(21)12-6-9-14(23-2)15(10-12)24-3/h4-10,16-17H,1-3H3/t16-,17-/m1/s1. The van der Waals surface area contributed by atoms with E-state index in [-0.39, 0.29) is 10.6 Å². The number of alkyl halides is 2. The Balaban J connectivity index is 2.21. The first kappa shape index (κ1) is 18.8. The molecular weight excluding hydrogens is 440 g/mol. The molecule has 0 bridgehead atoms. The van der Waals surface area contributed by atoms with Crippen LogP contribution in [0.1, 0.15) is 20.7 Å². The molecule has 4 nitrogen and oxygen atoms in total. The number of hydrogen-bond acceptors (Lipinski definition) is 4. The molecule has 2 atom stereocenters. The number of carbonyl (C=O) groups is 1. The minimum absolute atomic E-state index is 0.0475. The normalized spacial score (nSPS) is 13.0. The maximum Gasteiger partial charge on any atom is 0.178 e. The molecule has 2 rings (SSSR count). The second-order valence-electron chi connectivity index (χ2n) is 5.01. The SMILES string of the molecule is COc1ccc([C@@H](Br)[C@@H](Br)C(=O)c2ccc(OC)c(OC)c2)cc1. The summed E-state index contributed by atoms with van der Waals surface area (Å²) in [7, 11) is 4.72. The van der Waals surface area contributed by atoms with Crippen LogP contribution >= 0.6 is 31.9 Å². The minimum atomic E-state index is -0.427. The van der Waals surface area contributed by atoms with Crippen LogP contribution in [0.2, 0.25) is 0 Å². The van der Waals surface area contributed by atoms with Gasteiger partial charge in [0.2, 0.25) is 0 Å². The van der Waals surface area contributed by atoms with E-state index < -0.39 is 4.83 Å².